The highest BCUT2D eigenvalue weighted by Gasteiger charge is 2.08. The highest BCUT2D eigenvalue weighted by molar-refractivity contribution is 6.63. The van der Waals surface area contributed by atoms with Gasteiger partial charge in [-0.2, -0.15) is 10.2 Å². The number of carbonyl (C=O) groups is 1. The number of hydrogen-bond acceptors (Lipinski definition) is 7. The third-order valence-electron chi connectivity index (χ3n) is 4.37. The second kappa shape index (κ2) is 11.1. The van der Waals surface area contributed by atoms with Gasteiger partial charge in [0.05, 0.1) is 30.8 Å². The fraction of sp³-hybridized carbons (Fsp3) is 0.217. The lowest BCUT2D eigenvalue weighted by atomic mass is 10.1. The molecule has 0 unspecified atom stereocenters. The molecule has 4 aromatic rings. The number of benzene rings is 1. The van der Waals surface area contributed by atoms with Crippen LogP contribution in [0.1, 0.15) is 19.4 Å². The molecule has 9 nitrogen and oxygen atoms in total. The summed E-state index contributed by atoms with van der Waals surface area (Å²) in [7, 11) is 1.82. The highest BCUT2D eigenvalue weighted by atomic mass is 35.5. The number of nitrogens with zero attached hydrogens (tertiary/aromatic N) is 6. The summed E-state index contributed by atoms with van der Waals surface area (Å²) in [6.45, 7) is 4.04. The smallest absolute Gasteiger partial charge is 0.267 e. The molecule has 0 saturated carbocycles. The van der Waals surface area contributed by atoms with E-state index in [2.05, 4.69) is 20.2 Å². The zero-order valence-corrected chi connectivity index (χ0v) is 19.2. The van der Waals surface area contributed by atoms with E-state index < -0.39 is 5.24 Å². The number of halogens is 1. The van der Waals surface area contributed by atoms with Crippen LogP contribution in [-0.4, -0.2) is 41.4 Å². The molecule has 0 spiro atoms. The van der Waals surface area contributed by atoms with Crippen molar-refractivity contribution in [3.8, 4) is 28.4 Å². The van der Waals surface area contributed by atoms with Crippen LogP contribution < -0.4 is 10.3 Å². The van der Waals surface area contributed by atoms with Crippen molar-refractivity contribution in [1.29, 1.82) is 0 Å². The van der Waals surface area contributed by atoms with Gasteiger partial charge in [0.2, 0.25) is 0 Å². The second-order valence-electron chi connectivity index (χ2n) is 6.70. The Bertz CT molecular complexity index is 1280. The van der Waals surface area contributed by atoms with Crippen molar-refractivity contribution in [3.05, 3.63) is 77.1 Å². The molecule has 0 amide bonds. The average Bonchev–Trinajstić information content (AvgIpc) is 3.27. The molecular formula is C23H23ClN6O3. The summed E-state index contributed by atoms with van der Waals surface area (Å²) in [5, 5.41) is 8.00. The van der Waals surface area contributed by atoms with Gasteiger partial charge in [-0.25, -0.2) is 14.6 Å². The summed E-state index contributed by atoms with van der Waals surface area (Å²) in [4.78, 5) is 31.6. The summed E-state index contributed by atoms with van der Waals surface area (Å²) in [6, 6.07) is 10.7. The van der Waals surface area contributed by atoms with Crippen LogP contribution in [0.2, 0.25) is 0 Å². The van der Waals surface area contributed by atoms with E-state index in [9.17, 15) is 9.59 Å². The van der Waals surface area contributed by atoms with Crippen LogP contribution in [-0.2, 0) is 18.4 Å². The van der Waals surface area contributed by atoms with Gasteiger partial charge < -0.3 is 4.74 Å². The zero-order chi connectivity index (χ0) is 23.8. The summed E-state index contributed by atoms with van der Waals surface area (Å²) in [6.07, 6.45) is 6.48. The normalized spacial score (nSPS) is 10.3. The molecule has 33 heavy (non-hydrogen) atoms. The van der Waals surface area contributed by atoms with Gasteiger partial charge in [-0.1, -0.05) is 32.0 Å². The molecule has 0 aliphatic carbocycles. The van der Waals surface area contributed by atoms with Crippen LogP contribution in [0, 0.1) is 0 Å². The SMILES string of the molecule is CC.Cn1cc(-c2ccc(=O)n(Cc3cccc(-c4ncc(OCC(=O)Cl)cn4)c3)n2)cn1. The standard InChI is InChI=1S/C21H17ClN6O3.C2H6/c1-27-12-16(8-25-27)18-5-6-20(30)28(26-18)11-14-3-2-4-15(7-14)21-23-9-17(10-24-21)31-13-19(22)29;1-2/h2-10,12H,11,13H2,1H3;1-2H3. The van der Waals surface area contributed by atoms with E-state index in [-0.39, 0.29) is 12.2 Å². The Morgan fingerprint density at radius 1 is 1.06 bits per heavy atom. The van der Waals surface area contributed by atoms with Gasteiger partial charge in [0.25, 0.3) is 10.8 Å². The summed E-state index contributed by atoms with van der Waals surface area (Å²) in [5.41, 5.74) is 2.93. The van der Waals surface area contributed by atoms with Gasteiger partial charge in [0.15, 0.2) is 18.2 Å². The number of hydrogen-bond donors (Lipinski definition) is 0. The van der Waals surface area contributed by atoms with E-state index in [4.69, 9.17) is 16.3 Å². The Morgan fingerprint density at radius 2 is 1.82 bits per heavy atom. The molecule has 0 aliphatic heterocycles. The molecule has 3 aromatic heterocycles. The van der Waals surface area contributed by atoms with Crippen LogP contribution >= 0.6 is 11.6 Å². The first-order chi connectivity index (χ1) is 16.0. The Kier molecular flexibility index (Phi) is 8.04. The molecule has 0 bridgehead atoms. The van der Waals surface area contributed by atoms with Crippen molar-refractivity contribution in [2.75, 3.05) is 6.61 Å². The second-order valence-corrected chi connectivity index (χ2v) is 7.13. The molecule has 0 radical (unpaired) electrons. The quantitative estimate of drug-likeness (QED) is 0.385. The predicted molar refractivity (Wildman–Crippen MR) is 125 cm³/mol. The lowest BCUT2D eigenvalue weighted by Crippen LogP contribution is -2.22. The predicted octanol–water partition coefficient (Wildman–Crippen LogP) is 3.32. The van der Waals surface area contributed by atoms with Crippen molar-refractivity contribution in [2.24, 2.45) is 7.05 Å². The molecule has 10 heteroatoms. The van der Waals surface area contributed by atoms with Gasteiger partial charge in [0, 0.05) is 30.4 Å². The first kappa shape index (κ1) is 23.8. The molecule has 0 N–H and O–H groups in total. The lowest BCUT2D eigenvalue weighted by Gasteiger charge is -2.08. The van der Waals surface area contributed by atoms with Gasteiger partial charge in [-0.05, 0) is 29.3 Å². The number of rotatable bonds is 7. The van der Waals surface area contributed by atoms with Gasteiger partial charge in [-0.15, -0.1) is 0 Å². The number of carbonyl (C=O) groups excluding carboxylic acids is 1. The minimum Gasteiger partial charge on any atom is -0.481 e. The Morgan fingerprint density at radius 3 is 2.48 bits per heavy atom. The van der Waals surface area contributed by atoms with Crippen molar-refractivity contribution in [2.45, 2.75) is 20.4 Å². The fourth-order valence-electron chi connectivity index (χ4n) is 2.93. The third-order valence-corrected chi connectivity index (χ3v) is 4.47. The van der Waals surface area contributed by atoms with Crippen LogP contribution in [0.15, 0.2) is 66.0 Å². The Balaban J connectivity index is 0.00000149. The monoisotopic (exact) mass is 466 g/mol. The molecule has 3 heterocycles. The van der Waals surface area contributed by atoms with Crippen LogP contribution in [0.4, 0.5) is 0 Å². The molecule has 4 rings (SSSR count). The number of ether oxygens (including phenoxy) is 1. The molecule has 0 fully saturated rings. The highest BCUT2D eigenvalue weighted by Crippen LogP contribution is 2.19. The van der Waals surface area contributed by atoms with Crippen LogP contribution in [0.3, 0.4) is 0 Å². The van der Waals surface area contributed by atoms with Gasteiger partial charge in [-0.3, -0.25) is 14.3 Å². The molecule has 1 aromatic carbocycles. The van der Waals surface area contributed by atoms with E-state index in [1.54, 1.807) is 16.9 Å². The molecule has 0 atom stereocenters. The molecule has 0 saturated heterocycles. The third kappa shape index (κ3) is 6.33. The van der Waals surface area contributed by atoms with Gasteiger partial charge >= 0.3 is 0 Å². The average molecular weight is 467 g/mol. The van der Waals surface area contributed by atoms with E-state index >= 15 is 0 Å². The first-order valence-corrected chi connectivity index (χ1v) is 10.7. The Hall–Kier alpha value is -3.85. The summed E-state index contributed by atoms with van der Waals surface area (Å²) in [5.74, 6) is 0.827. The molecular weight excluding hydrogens is 444 g/mol. The zero-order valence-electron chi connectivity index (χ0n) is 18.5. The van der Waals surface area contributed by atoms with Crippen LogP contribution in [0.25, 0.3) is 22.6 Å². The topological polar surface area (TPSA) is 105 Å². The molecule has 170 valence electrons. The van der Waals surface area contributed by atoms with Crippen molar-refractivity contribution < 1.29 is 9.53 Å². The minimum absolute atomic E-state index is 0.204. The van der Waals surface area contributed by atoms with E-state index in [1.807, 2.05) is 51.4 Å². The van der Waals surface area contributed by atoms with Crippen molar-refractivity contribution in [1.82, 2.24) is 29.5 Å². The molecule has 0 aliphatic rings. The van der Waals surface area contributed by atoms with Crippen molar-refractivity contribution >= 4 is 16.8 Å². The number of aryl methyl sites for hydroxylation is 1. The minimum atomic E-state index is -0.603. The maximum absolute atomic E-state index is 12.3. The maximum atomic E-state index is 12.3. The first-order valence-electron chi connectivity index (χ1n) is 10.3. The fourth-order valence-corrected chi connectivity index (χ4v) is 2.99. The van der Waals surface area contributed by atoms with Crippen LogP contribution in [0.5, 0.6) is 5.75 Å². The van der Waals surface area contributed by atoms with Gasteiger partial charge in [0.1, 0.15) is 0 Å². The lowest BCUT2D eigenvalue weighted by molar-refractivity contribution is -0.113. The van der Waals surface area contributed by atoms with E-state index in [0.717, 1.165) is 16.7 Å². The summed E-state index contributed by atoms with van der Waals surface area (Å²) >= 11 is 5.26. The van der Waals surface area contributed by atoms with E-state index in [1.165, 1.54) is 23.1 Å². The number of aromatic nitrogens is 6. The van der Waals surface area contributed by atoms with Crippen molar-refractivity contribution in [3.63, 3.8) is 0 Å². The summed E-state index contributed by atoms with van der Waals surface area (Å²) < 4.78 is 8.25. The Labute approximate surface area is 195 Å². The maximum Gasteiger partial charge on any atom is 0.267 e. The van der Waals surface area contributed by atoms with E-state index in [0.29, 0.717) is 23.8 Å². The largest absolute Gasteiger partial charge is 0.481 e.